The Morgan fingerprint density at radius 2 is 2.00 bits per heavy atom. The van der Waals surface area contributed by atoms with Crippen LogP contribution in [0.15, 0.2) is 24.4 Å². The summed E-state index contributed by atoms with van der Waals surface area (Å²) >= 11 is 0. The van der Waals surface area contributed by atoms with Crippen molar-refractivity contribution >= 4 is 0 Å². The number of hydrogen-bond donors (Lipinski definition) is 1. The van der Waals surface area contributed by atoms with Crippen molar-refractivity contribution in [2.45, 2.75) is 25.9 Å². The van der Waals surface area contributed by atoms with Crippen LogP contribution in [0.5, 0.6) is 0 Å². The molecule has 2 heterocycles. The van der Waals surface area contributed by atoms with Crippen molar-refractivity contribution in [1.29, 1.82) is 0 Å². The quantitative estimate of drug-likeness (QED) is 0.867. The maximum atomic E-state index is 6.17. The van der Waals surface area contributed by atoms with E-state index < -0.39 is 0 Å². The van der Waals surface area contributed by atoms with Crippen LogP contribution in [0.2, 0.25) is 0 Å². The number of rotatable bonds is 4. The van der Waals surface area contributed by atoms with E-state index in [0.29, 0.717) is 0 Å². The van der Waals surface area contributed by atoms with Crippen molar-refractivity contribution in [3.05, 3.63) is 30.1 Å². The summed E-state index contributed by atoms with van der Waals surface area (Å²) in [6.07, 6.45) is 1.85. The van der Waals surface area contributed by atoms with E-state index in [1.54, 1.807) is 0 Å². The highest BCUT2D eigenvalue weighted by Crippen LogP contribution is 2.22. The highest BCUT2D eigenvalue weighted by molar-refractivity contribution is 5.11. The van der Waals surface area contributed by atoms with Gasteiger partial charge in [-0.3, -0.25) is 9.88 Å². The van der Waals surface area contributed by atoms with Gasteiger partial charge in [0.1, 0.15) is 0 Å². The second-order valence-corrected chi connectivity index (χ2v) is 5.03. The Balaban J connectivity index is 2.08. The van der Waals surface area contributed by atoms with Gasteiger partial charge in [0.05, 0.1) is 11.7 Å². The first-order chi connectivity index (χ1) is 8.72. The number of likely N-dealkylation sites (N-methyl/N-ethyl adjacent to an activating group) is 1. The first-order valence-electron chi connectivity index (χ1n) is 6.85. The molecule has 1 aromatic heterocycles. The number of nitrogens with zero attached hydrogens (tertiary/aromatic N) is 3. The van der Waals surface area contributed by atoms with Crippen LogP contribution in [0.4, 0.5) is 0 Å². The molecule has 18 heavy (non-hydrogen) atoms. The molecule has 1 saturated heterocycles. The Labute approximate surface area is 110 Å². The third-order valence-corrected chi connectivity index (χ3v) is 3.74. The molecule has 0 saturated carbocycles. The van der Waals surface area contributed by atoms with Crippen molar-refractivity contribution in [2.75, 3.05) is 32.7 Å². The van der Waals surface area contributed by atoms with Crippen molar-refractivity contribution in [3.63, 3.8) is 0 Å². The maximum Gasteiger partial charge on any atom is 0.0671 e. The number of pyridine rings is 1. The van der Waals surface area contributed by atoms with Crippen LogP contribution in [0.3, 0.4) is 0 Å². The van der Waals surface area contributed by atoms with E-state index in [1.165, 1.54) is 0 Å². The van der Waals surface area contributed by atoms with E-state index in [1.807, 2.05) is 18.3 Å². The number of piperazine rings is 1. The smallest absolute Gasteiger partial charge is 0.0671 e. The first kappa shape index (κ1) is 13.5. The molecule has 1 aliphatic rings. The molecular formula is C14H24N4. The van der Waals surface area contributed by atoms with Gasteiger partial charge in [0, 0.05) is 38.4 Å². The summed E-state index contributed by atoms with van der Waals surface area (Å²) in [7, 11) is 0. The van der Waals surface area contributed by atoms with Crippen LogP contribution in [0.1, 0.15) is 25.6 Å². The molecule has 100 valence electrons. The fourth-order valence-electron chi connectivity index (χ4n) is 2.70. The lowest BCUT2D eigenvalue weighted by Gasteiger charge is -2.40. The van der Waals surface area contributed by atoms with Crippen molar-refractivity contribution in [3.8, 4) is 0 Å². The lowest BCUT2D eigenvalue weighted by atomic mass is 10.0. The molecule has 0 bridgehead atoms. The molecule has 4 heteroatoms. The first-order valence-corrected chi connectivity index (χ1v) is 6.85. The summed E-state index contributed by atoms with van der Waals surface area (Å²) in [6, 6.07) is 6.43. The van der Waals surface area contributed by atoms with Gasteiger partial charge in [-0.25, -0.2) is 0 Å². The minimum atomic E-state index is 0.105. The molecule has 0 amide bonds. The molecule has 0 spiro atoms. The second-order valence-electron chi connectivity index (χ2n) is 5.03. The summed E-state index contributed by atoms with van der Waals surface area (Å²) in [6.45, 7) is 9.86. The molecule has 1 aromatic rings. The zero-order valence-electron chi connectivity index (χ0n) is 11.4. The maximum absolute atomic E-state index is 6.17. The average molecular weight is 248 g/mol. The van der Waals surface area contributed by atoms with Gasteiger partial charge >= 0.3 is 0 Å². The molecule has 2 rings (SSSR count). The topological polar surface area (TPSA) is 45.4 Å². The molecular weight excluding hydrogens is 224 g/mol. The lowest BCUT2D eigenvalue weighted by Crippen LogP contribution is -2.50. The van der Waals surface area contributed by atoms with Crippen LogP contribution >= 0.6 is 0 Å². The number of hydrogen-bond acceptors (Lipinski definition) is 4. The third-order valence-electron chi connectivity index (χ3n) is 3.74. The minimum absolute atomic E-state index is 0.105. The van der Waals surface area contributed by atoms with Crippen LogP contribution in [-0.2, 0) is 0 Å². The lowest BCUT2D eigenvalue weighted by molar-refractivity contribution is 0.0880. The zero-order valence-corrected chi connectivity index (χ0v) is 11.4. The predicted molar refractivity (Wildman–Crippen MR) is 74.3 cm³/mol. The molecule has 2 unspecified atom stereocenters. The van der Waals surface area contributed by atoms with E-state index >= 15 is 0 Å². The van der Waals surface area contributed by atoms with Crippen LogP contribution in [-0.4, -0.2) is 53.5 Å². The Kier molecular flexibility index (Phi) is 4.69. The SMILES string of the molecule is CCN1CCN(C(c2ccccn2)C(C)N)CC1. The van der Waals surface area contributed by atoms with Crippen molar-refractivity contribution in [2.24, 2.45) is 5.73 Å². The van der Waals surface area contributed by atoms with Crippen LogP contribution in [0, 0.1) is 0 Å². The fraction of sp³-hybridized carbons (Fsp3) is 0.643. The molecule has 4 nitrogen and oxygen atoms in total. The van der Waals surface area contributed by atoms with E-state index in [4.69, 9.17) is 5.73 Å². The molecule has 1 aliphatic heterocycles. The number of nitrogens with two attached hydrogens (primary N) is 1. The second kappa shape index (κ2) is 6.27. The van der Waals surface area contributed by atoms with Crippen LogP contribution in [0.25, 0.3) is 0 Å². The van der Waals surface area contributed by atoms with Gasteiger partial charge in [0.25, 0.3) is 0 Å². The third kappa shape index (κ3) is 3.07. The Hall–Kier alpha value is -0.970. The molecule has 2 atom stereocenters. The molecule has 0 aromatic carbocycles. The largest absolute Gasteiger partial charge is 0.326 e. The molecule has 0 aliphatic carbocycles. The van der Waals surface area contributed by atoms with Gasteiger partial charge in [-0.05, 0) is 25.6 Å². The summed E-state index contributed by atoms with van der Waals surface area (Å²) in [4.78, 5) is 9.43. The van der Waals surface area contributed by atoms with Crippen LogP contribution < -0.4 is 5.73 Å². The van der Waals surface area contributed by atoms with Crippen molar-refractivity contribution in [1.82, 2.24) is 14.8 Å². The highest BCUT2D eigenvalue weighted by Gasteiger charge is 2.27. The summed E-state index contributed by atoms with van der Waals surface area (Å²) in [5.74, 6) is 0. The zero-order chi connectivity index (χ0) is 13.0. The summed E-state index contributed by atoms with van der Waals surface area (Å²) in [5, 5.41) is 0. The molecule has 2 N–H and O–H groups in total. The molecule has 1 fully saturated rings. The van der Waals surface area contributed by atoms with Crippen molar-refractivity contribution < 1.29 is 0 Å². The van der Waals surface area contributed by atoms with Gasteiger partial charge in [0.2, 0.25) is 0 Å². The summed E-state index contributed by atoms with van der Waals surface area (Å²) in [5.41, 5.74) is 7.27. The highest BCUT2D eigenvalue weighted by atomic mass is 15.3. The standard InChI is InChI=1S/C14H24N4/c1-3-17-8-10-18(11-9-17)14(12(2)15)13-6-4-5-7-16-13/h4-7,12,14H,3,8-11,15H2,1-2H3. The summed E-state index contributed by atoms with van der Waals surface area (Å²) < 4.78 is 0. The Morgan fingerprint density at radius 3 is 2.50 bits per heavy atom. The van der Waals surface area contributed by atoms with E-state index in [9.17, 15) is 0 Å². The van der Waals surface area contributed by atoms with E-state index in [-0.39, 0.29) is 12.1 Å². The molecule has 0 radical (unpaired) electrons. The van der Waals surface area contributed by atoms with E-state index in [2.05, 4.69) is 34.7 Å². The average Bonchev–Trinajstić information content (AvgIpc) is 2.40. The Bertz CT molecular complexity index is 344. The normalized spacial score (nSPS) is 21.7. The van der Waals surface area contributed by atoms with Gasteiger partial charge in [-0.1, -0.05) is 13.0 Å². The van der Waals surface area contributed by atoms with Gasteiger partial charge in [-0.2, -0.15) is 0 Å². The number of aromatic nitrogens is 1. The monoisotopic (exact) mass is 248 g/mol. The fourth-order valence-corrected chi connectivity index (χ4v) is 2.70. The minimum Gasteiger partial charge on any atom is -0.326 e. The Morgan fingerprint density at radius 1 is 1.28 bits per heavy atom. The predicted octanol–water partition coefficient (Wildman–Crippen LogP) is 1.11. The van der Waals surface area contributed by atoms with Gasteiger partial charge in [-0.15, -0.1) is 0 Å². The van der Waals surface area contributed by atoms with Gasteiger partial charge in [0.15, 0.2) is 0 Å². The van der Waals surface area contributed by atoms with Gasteiger partial charge < -0.3 is 10.6 Å². The van der Waals surface area contributed by atoms with E-state index in [0.717, 1.165) is 38.4 Å².